The minimum absolute atomic E-state index is 0.464. The maximum Gasteiger partial charge on any atom is 0.294 e. The Morgan fingerprint density at radius 2 is 2.14 bits per heavy atom. The predicted octanol–water partition coefficient (Wildman–Crippen LogP) is 2.87. The number of nitrogens with zero attached hydrogens (tertiary/aromatic N) is 2. The fourth-order valence-corrected chi connectivity index (χ4v) is 2.40. The molecule has 0 amide bonds. The van der Waals surface area contributed by atoms with E-state index in [0.29, 0.717) is 17.7 Å². The third-order valence-corrected chi connectivity index (χ3v) is 3.61. The van der Waals surface area contributed by atoms with Gasteiger partial charge in [-0.05, 0) is 30.2 Å². The molecule has 0 fully saturated rings. The molecule has 0 atom stereocenters. The average molecular weight is 307 g/mol. The van der Waals surface area contributed by atoms with Crippen LogP contribution in [0.3, 0.4) is 0 Å². The molecule has 1 aromatic carbocycles. The molecule has 0 aliphatic heterocycles. The SMILES string of the molecule is COc1cccc(COc2nnc(CNCC(C)C)s2)c1. The van der Waals surface area contributed by atoms with Gasteiger partial charge in [0, 0.05) is 6.54 Å². The molecule has 0 aliphatic carbocycles. The Morgan fingerprint density at radius 1 is 1.29 bits per heavy atom. The summed E-state index contributed by atoms with van der Waals surface area (Å²) in [6, 6.07) is 7.80. The summed E-state index contributed by atoms with van der Waals surface area (Å²) >= 11 is 1.48. The van der Waals surface area contributed by atoms with Crippen LogP contribution in [0.25, 0.3) is 0 Å². The Labute approximate surface area is 129 Å². The van der Waals surface area contributed by atoms with Gasteiger partial charge in [0.1, 0.15) is 17.4 Å². The quantitative estimate of drug-likeness (QED) is 0.812. The average Bonchev–Trinajstić information content (AvgIpc) is 2.93. The molecule has 2 rings (SSSR count). The third-order valence-electron chi connectivity index (χ3n) is 2.77. The highest BCUT2D eigenvalue weighted by Crippen LogP contribution is 2.20. The van der Waals surface area contributed by atoms with Gasteiger partial charge in [-0.2, -0.15) is 0 Å². The van der Waals surface area contributed by atoms with Crippen LogP contribution in [0.15, 0.2) is 24.3 Å². The number of benzene rings is 1. The van der Waals surface area contributed by atoms with Gasteiger partial charge in [-0.1, -0.05) is 42.4 Å². The van der Waals surface area contributed by atoms with Gasteiger partial charge in [0.25, 0.3) is 5.19 Å². The van der Waals surface area contributed by atoms with Gasteiger partial charge >= 0.3 is 0 Å². The summed E-state index contributed by atoms with van der Waals surface area (Å²) in [6.07, 6.45) is 0. The number of rotatable bonds is 8. The summed E-state index contributed by atoms with van der Waals surface area (Å²) in [5.74, 6) is 1.45. The molecule has 0 saturated carbocycles. The Kier molecular flexibility index (Phi) is 5.95. The first-order valence-electron chi connectivity index (χ1n) is 6.96. The lowest BCUT2D eigenvalue weighted by molar-refractivity contribution is 0.301. The Balaban J connectivity index is 1.82. The van der Waals surface area contributed by atoms with Crippen molar-refractivity contribution in [2.24, 2.45) is 5.92 Å². The Morgan fingerprint density at radius 3 is 2.90 bits per heavy atom. The smallest absolute Gasteiger partial charge is 0.294 e. The maximum atomic E-state index is 5.66. The van der Waals surface area contributed by atoms with Gasteiger partial charge in [-0.3, -0.25) is 0 Å². The van der Waals surface area contributed by atoms with E-state index in [1.807, 2.05) is 24.3 Å². The predicted molar refractivity (Wildman–Crippen MR) is 83.8 cm³/mol. The van der Waals surface area contributed by atoms with Gasteiger partial charge in [-0.25, -0.2) is 0 Å². The molecule has 2 aromatic rings. The minimum atomic E-state index is 0.464. The third kappa shape index (κ3) is 5.32. The van der Waals surface area contributed by atoms with Crippen LogP contribution in [0, 0.1) is 5.92 Å². The van der Waals surface area contributed by atoms with Crippen molar-refractivity contribution in [3.63, 3.8) is 0 Å². The fourth-order valence-electron chi connectivity index (χ4n) is 1.74. The summed E-state index contributed by atoms with van der Waals surface area (Å²) in [5.41, 5.74) is 1.05. The molecule has 0 unspecified atom stereocenters. The molecule has 1 heterocycles. The van der Waals surface area contributed by atoms with Crippen LogP contribution in [-0.2, 0) is 13.2 Å². The zero-order chi connectivity index (χ0) is 15.1. The first-order valence-corrected chi connectivity index (χ1v) is 7.78. The highest BCUT2D eigenvalue weighted by Gasteiger charge is 2.06. The zero-order valence-electron chi connectivity index (χ0n) is 12.6. The van der Waals surface area contributed by atoms with Crippen LogP contribution in [-0.4, -0.2) is 23.9 Å². The molecule has 0 saturated heterocycles. The lowest BCUT2D eigenvalue weighted by Gasteiger charge is -2.05. The Bertz CT molecular complexity index is 557. The van der Waals surface area contributed by atoms with Gasteiger partial charge in [0.2, 0.25) is 0 Å². The van der Waals surface area contributed by atoms with Gasteiger partial charge < -0.3 is 14.8 Å². The van der Waals surface area contributed by atoms with E-state index in [1.54, 1.807) is 7.11 Å². The molecule has 1 aromatic heterocycles. The van der Waals surface area contributed by atoms with Crippen molar-refractivity contribution in [1.29, 1.82) is 0 Å². The summed E-state index contributed by atoms with van der Waals surface area (Å²) in [6.45, 7) is 6.52. The lowest BCUT2D eigenvalue weighted by atomic mass is 10.2. The topological polar surface area (TPSA) is 56.3 Å². The second kappa shape index (κ2) is 7.95. The molecular formula is C15H21N3O2S. The van der Waals surface area contributed by atoms with Crippen LogP contribution in [0.1, 0.15) is 24.4 Å². The van der Waals surface area contributed by atoms with E-state index in [2.05, 4.69) is 29.4 Å². The molecular weight excluding hydrogens is 286 g/mol. The molecule has 21 heavy (non-hydrogen) atoms. The maximum absolute atomic E-state index is 5.66. The van der Waals surface area contributed by atoms with Crippen molar-refractivity contribution in [3.8, 4) is 10.9 Å². The van der Waals surface area contributed by atoms with Crippen molar-refractivity contribution >= 4 is 11.3 Å². The molecule has 114 valence electrons. The molecule has 6 heteroatoms. The van der Waals surface area contributed by atoms with Crippen LogP contribution in [0.5, 0.6) is 10.9 Å². The highest BCUT2D eigenvalue weighted by atomic mass is 32.1. The van der Waals surface area contributed by atoms with Gasteiger partial charge in [-0.15, -0.1) is 5.10 Å². The normalized spacial score (nSPS) is 10.9. The second-order valence-electron chi connectivity index (χ2n) is 5.13. The molecule has 0 spiro atoms. The van der Waals surface area contributed by atoms with Gasteiger partial charge in [0.15, 0.2) is 0 Å². The minimum Gasteiger partial charge on any atom is -0.497 e. The Hall–Kier alpha value is -1.66. The van der Waals surface area contributed by atoms with Crippen molar-refractivity contribution in [1.82, 2.24) is 15.5 Å². The standard InChI is InChI=1S/C15H21N3O2S/c1-11(2)8-16-9-14-17-18-15(21-14)20-10-12-5-4-6-13(7-12)19-3/h4-7,11,16H,8-10H2,1-3H3. The van der Waals surface area contributed by atoms with E-state index >= 15 is 0 Å². The van der Waals surface area contributed by atoms with Crippen molar-refractivity contribution in [2.75, 3.05) is 13.7 Å². The molecule has 0 radical (unpaired) electrons. The number of ether oxygens (including phenoxy) is 2. The fraction of sp³-hybridized carbons (Fsp3) is 0.467. The largest absolute Gasteiger partial charge is 0.497 e. The first kappa shape index (κ1) is 15.7. The van der Waals surface area contributed by atoms with Crippen LogP contribution in [0.2, 0.25) is 0 Å². The van der Waals surface area contributed by atoms with E-state index in [9.17, 15) is 0 Å². The summed E-state index contributed by atoms with van der Waals surface area (Å²) < 4.78 is 10.8. The van der Waals surface area contributed by atoms with Crippen molar-refractivity contribution in [3.05, 3.63) is 34.8 Å². The van der Waals surface area contributed by atoms with Crippen LogP contribution >= 0.6 is 11.3 Å². The molecule has 0 aliphatic rings. The van der Waals surface area contributed by atoms with Crippen LogP contribution in [0.4, 0.5) is 0 Å². The second-order valence-corrected chi connectivity index (χ2v) is 6.15. The number of hydrogen-bond donors (Lipinski definition) is 1. The summed E-state index contributed by atoms with van der Waals surface area (Å²) in [7, 11) is 1.65. The first-order chi connectivity index (χ1) is 10.2. The molecule has 1 N–H and O–H groups in total. The van der Waals surface area contributed by atoms with E-state index < -0.39 is 0 Å². The number of methoxy groups -OCH3 is 1. The number of hydrogen-bond acceptors (Lipinski definition) is 6. The van der Waals surface area contributed by atoms with E-state index in [-0.39, 0.29) is 0 Å². The molecule has 5 nitrogen and oxygen atoms in total. The van der Waals surface area contributed by atoms with Crippen molar-refractivity contribution in [2.45, 2.75) is 27.0 Å². The number of aromatic nitrogens is 2. The monoisotopic (exact) mass is 307 g/mol. The highest BCUT2D eigenvalue weighted by molar-refractivity contribution is 7.13. The molecule has 0 bridgehead atoms. The van der Waals surface area contributed by atoms with E-state index in [0.717, 1.165) is 29.4 Å². The van der Waals surface area contributed by atoms with Crippen LogP contribution < -0.4 is 14.8 Å². The lowest BCUT2D eigenvalue weighted by Crippen LogP contribution is -2.18. The number of nitrogens with one attached hydrogen (secondary N) is 1. The summed E-state index contributed by atoms with van der Waals surface area (Å²) in [5, 5.41) is 13.0. The van der Waals surface area contributed by atoms with E-state index in [4.69, 9.17) is 9.47 Å². The van der Waals surface area contributed by atoms with Gasteiger partial charge in [0.05, 0.1) is 7.11 Å². The van der Waals surface area contributed by atoms with E-state index in [1.165, 1.54) is 11.3 Å². The summed E-state index contributed by atoms with van der Waals surface area (Å²) in [4.78, 5) is 0. The zero-order valence-corrected chi connectivity index (χ0v) is 13.4. The van der Waals surface area contributed by atoms with Crippen molar-refractivity contribution < 1.29 is 9.47 Å².